The Balaban J connectivity index is 0.00000169. The van der Waals surface area contributed by atoms with Crippen LogP contribution in [0.25, 0.3) is 0 Å². The number of rotatable bonds is 4. The van der Waals surface area contributed by atoms with Crippen LogP contribution in [0, 0.1) is 0 Å². The molecule has 0 aliphatic carbocycles. The topological polar surface area (TPSA) is 63.3 Å². The minimum absolute atomic E-state index is 0. The molecule has 0 radical (unpaired) electrons. The third-order valence-corrected chi connectivity index (χ3v) is 2.86. The normalized spacial score (nSPS) is 11.9. The lowest BCUT2D eigenvalue weighted by atomic mass is 10.1. The lowest BCUT2D eigenvalue weighted by Gasteiger charge is -2.06. The molecule has 1 unspecified atom stereocenters. The van der Waals surface area contributed by atoms with Gasteiger partial charge in [-0.05, 0) is 23.4 Å². The molecule has 3 nitrogen and oxygen atoms in total. The fourth-order valence-corrected chi connectivity index (χ4v) is 1.99. The first-order valence-electron chi connectivity index (χ1n) is 3.79. The van der Waals surface area contributed by atoms with E-state index in [0.29, 0.717) is 10.8 Å². The van der Waals surface area contributed by atoms with Crippen molar-refractivity contribution in [1.29, 1.82) is 0 Å². The van der Waals surface area contributed by atoms with Crippen LogP contribution in [0.1, 0.15) is 12.0 Å². The maximum absolute atomic E-state index is 10.3. The van der Waals surface area contributed by atoms with E-state index in [1.54, 1.807) is 0 Å². The van der Waals surface area contributed by atoms with Crippen molar-refractivity contribution in [3.8, 4) is 0 Å². The molecule has 0 fully saturated rings. The molecule has 1 aromatic heterocycles. The number of hydrogen-bond acceptors (Lipinski definition) is 3. The molecule has 1 atom stereocenters. The van der Waals surface area contributed by atoms with E-state index in [1.165, 1.54) is 11.3 Å². The summed E-state index contributed by atoms with van der Waals surface area (Å²) in [6.45, 7) is 0. The molecule has 0 saturated heterocycles. The Morgan fingerprint density at radius 2 is 2.36 bits per heavy atom. The van der Waals surface area contributed by atoms with Gasteiger partial charge >= 0.3 is 5.97 Å². The van der Waals surface area contributed by atoms with Gasteiger partial charge in [0.2, 0.25) is 0 Å². The van der Waals surface area contributed by atoms with Crippen molar-refractivity contribution >= 4 is 41.3 Å². The summed E-state index contributed by atoms with van der Waals surface area (Å²) >= 11 is 7.26. The molecular weight excluding hydrogens is 245 g/mol. The van der Waals surface area contributed by atoms with Crippen molar-refractivity contribution in [3.05, 3.63) is 21.3 Å². The Morgan fingerprint density at radius 1 is 1.71 bits per heavy atom. The number of nitrogens with two attached hydrogens (primary N) is 1. The predicted molar refractivity (Wildman–Crippen MR) is 60.5 cm³/mol. The molecule has 1 heterocycles. The smallest absolute Gasteiger partial charge is 0.304 e. The van der Waals surface area contributed by atoms with Crippen LogP contribution in [0.5, 0.6) is 0 Å². The molecule has 6 heteroatoms. The highest BCUT2D eigenvalue weighted by molar-refractivity contribution is 7.14. The lowest BCUT2D eigenvalue weighted by molar-refractivity contribution is -0.137. The van der Waals surface area contributed by atoms with Crippen LogP contribution in [0.15, 0.2) is 11.4 Å². The van der Waals surface area contributed by atoms with Gasteiger partial charge in [0.1, 0.15) is 0 Å². The average Bonchev–Trinajstić information content (AvgIpc) is 2.34. The van der Waals surface area contributed by atoms with Gasteiger partial charge in [-0.15, -0.1) is 23.7 Å². The number of halogens is 2. The van der Waals surface area contributed by atoms with Crippen LogP contribution in [0.3, 0.4) is 0 Å². The van der Waals surface area contributed by atoms with Crippen molar-refractivity contribution in [1.82, 2.24) is 0 Å². The maximum Gasteiger partial charge on any atom is 0.304 e. The summed E-state index contributed by atoms with van der Waals surface area (Å²) in [5.41, 5.74) is 6.53. The highest BCUT2D eigenvalue weighted by Gasteiger charge is 2.11. The SMILES string of the molecule is Cl.NC(CC(=O)O)Cc1ccsc1Cl. The second kappa shape index (κ2) is 6.24. The third kappa shape index (κ3) is 4.28. The predicted octanol–water partition coefficient (Wildman–Crippen LogP) is 2.17. The highest BCUT2D eigenvalue weighted by atomic mass is 35.5. The lowest BCUT2D eigenvalue weighted by Crippen LogP contribution is -2.25. The molecule has 0 aliphatic rings. The molecule has 0 saturated carbocycles. The molecule has 1 rings (SSSR count). The largest absolute Gasteiger partial charge is 0.481 e. The number of aliphatic carboxylic acids is 1. The summed E-state index contributed by atoms with van der Waals surface area (Å²) in [5, 5.41) is 10.3. The zero-order chi connectivity index (χ0) is 9.84. The molecule has 0 amide bonds. The van der Waals surface area contributed by atoms with Gasteiger partial charge in [0.05, 0.1) is 10.8 Å². The standard InChI is InChI=1S/C8H10ClNO2S.ClH/c9-8-5(1-2-13-8)3-6(10)4-7(11)12;/h1-2,6H,3-4,10H2,(H,11,12);1H. The van der Waals surface area contributed by atoms with Gasteiger partial charge in [-0.3, -0.25) is 4.79 Å². The summed E-state index contributed by atoms with van der Waals surface area (Å²) in [6, 6.07) is 1.51. The Labute approximate surface area is 97.3 Å². The van der Waals surface area contributed by atoms with Crippen LogP contribution < -0.4 is 5.73 Å². The maximum atomic E-state index is 10.3. The van der Waals surface area contributed by atoms with Crippen LogP contribution in [-0.4, -0.2) is 17.1 Å². The van der Waals surface area contributed by atoms with Crippen LogP contribution in [0.2, 0.25) is 4.34 Å². The van der Waals surface area contributed by atoms with Crippen LogP contribution in [0.4, 0.5) is 0 Å². The van der Waals surface area contributed by atoms with Gasteiger partial charge < -0.3 is 10.8 Å². The molecule has 14 heavy (non-hydrogen) atoms. The molecular formula is C8H11Cl2NO2S. The Kier molecular flexibility index (Phi) is 6.11. The van der Waals surface area contributed by atoms with Crippen molar-refractivity contribution in [2.45, 2.75) is 18.9 Å². The van der Waals surface area contributed by atoms with Gasteiger partial charge in [-0.2, -0.15) is 0 Å². The van der Waals surface area contributed by atoms with Crippen LogP contribution in [-0.2, 0) is 11.2 Å². The number of hydrogen-bond donors (Lipinski definition) is 2. The van der Waals surface area contributed by atoms with Crippen molar-refractivity contribution < 1.29 is 9.90 Å². The number of carbonyl (C=O) groups is 1. The van der Waals surface area contributed by atoms with Crippen LogP contribution >= 0.6 is 35.3 Å². The molecule has 80 valence electrons. The number of carboxylic acids is 1. The molecule has 3 N–H and O–H groups in total. The molecule has 0 aromatic carbocycles. The van der Waals surface area contributed by atoms with Gasteiger partial charge in [-0.1, -0.05) is 11.6 Å². The number of carboxylic acid groups (broad SMARTS) is 1. The van der Waals surface area contributed by atoms with E-state index < -0.39 is 5.97 Å². The Hall–Kier alpha value is -0.290. The van der Waals surface area contributed by atoms with E-state index in [9.17, 15) is 4.79 Å². The highest BCUT2D eigenvalue weighted by Crippen LogP contribution is 2.23. The minimum Gasteiger partial charge on any atom is -0.481 e. The van der Waals surface area contributed by atoms with Crippen molar-refractivity contribution in [3.63, 3.8) is 0 Å². The van der Waals surface area contributed by atoms with E-state index in [2.05, 4.69) is 0 Å². The number of thiophene rings is 1. The summed E-state index contributed by atoms with van der Waals surface area (Å²) in [7, 11) is 0. The van der Waals surface area contributed by atoms with Crippen molar-refractivity contribution in [2.24, 2.45) is 5.73 Å². The van der Waals surface area contributed by atoms with E-state index in [0.717, 1.165) is 5.56 Å². The Bertz CT molecular complexity index is 303. The first-order valence-corrected chi connectivity index (χ1v) is 5.04. The van der Waals surface area contributed by atoms with Gasteiger partial charge in [0, 0.05) is 6.04 Å². The second-order valence-corrected chi connectivity index (χ2v) is 4.30. The summed E-state index contributed by atoms with van der Waals surface area (Å²) in [5.74, 6) is -0.876. The first kappa shape index (κ1) is 13.7. The van der Waals surface area contributed by atoms with E-state index in [-0.39, 0.29) is 24.9 Å². The zero-order valence-electron chi connectivity index (χ0n) is 7.27. The zero-order valence-corrected chi connectivity index (χ0v) is 9.66. The molecule has 0 spiro atoms. The van der Waals surface area contributed by atoms with Gasteiger partial charge in [-0.25, -0.2) is 0 Å². The quantitative estimate of drug-likeness (QED) is 0.867. The van der Waals surface area contributed by atoms with E-state index in [1.807, 2.05) is 11.4 Å². The third-order valence-electron chi connectivity index (χ3n) is 1.61. The fraction of sp³-hybridized carbons (Fsp3) is 0.375. The average molecular weight is 256 g/mol. The minimum atomic E-state index is -0.876. The summed E-state index contributed by atoms with van der Waals surface area (Å²) in [6.07, 6.45) is 0.501. The molecule has 0 bridgehead atoms. The van der Waals surface area contributed by atoms with E-state index in [4.69, 9.17) is 22.4 Å². The molecule has 0 aliphatic heterocycles. The monoisotopic (exact) mass is 255 g/mol. The fourth-order valence-electron chi connectivity index (χ4n) is 1.04. The van der Waals surface area contributed by atoms with Gasteiger partial charge in [0.25, 0.3) is 0 Å². The summed E-state index contributed by atoms with van der Waals surface area (Å²) < 4.78 is 0.695. The van der Waals surface area contributed by atoms with E-state index >= 15 is 0 Å². The Morgan fingerprint density at radius 3 is 2.79 bits per heavy atom. The van der Waals surface area contributed by atoms with Crippen molar-refractivity contribution in [2.75, 3.05) is 0 Å². The van der Waals surface area contributed by atoms with Gasteiger partial charge in [0.15, 0.2) is 0 Å². The summed E-state index contributed by atoms with van der Waals surface area (Å²) in [4.78, 5) is 10.3. The molecule has 1 aromatic rings. The first-order chi connectivity index (χ1) is 6.09. The second-order valence-electron chi connectivity index (χ2n) is 2.78.